The Labute approximate surface area is 143 Å². The SMILES string of the molecule is COc1ccccc1Oc1ccccc1CC1CNCCO1.Cl. The molecule has 1 aliphatic heterocycles. The quantitative estimate of drug-likeness (QED) is 0.908. The maximum absolute atomic E-state index is 6.07. The number of hydrogen-bond donors (Lipinski definition) is 1. The molecule has 0 aromatic heterocycles. The van der Waals surface area contributed by atoms with Crippen LogP contribution in [0.1, 0.15) is 5.56 Å². The van der Waals surface area contributed by atoms with Gasteiger partial charge in [0.25, 0.3) is 0 Å². The van der Waals surface area contributed by atoms with Gasteiger partial charge in [0.05, 0.1) is 19.8 Å². The molecule has 1 aliphatic rings. The number of ether oxygens (including phenoxy) is 3. The molecule has 4 nitrogen and oxygen atoms in total. The molecule has 23 heavy (non-hydrogen) atoms. The standard InChI is InChI=1S/C18H21NO3.ClH/c1-20-17-8-4-5-9-18(17)22-16-7-3-2-6-14(16)12-15-13-19-10-11-21-15;/h2-9,15,19H,10-13H2,1H3;1H. The van der Waals surface area contributed by atoms with Crippen molar-refractivity contribution in [2.45, 2.75) is 12.5 Å². The first-order chi connectivity index (χ1) is 10.9. The summed E-state index contributed by atoms with van der Waals surface area (Å²) in [7, 11) is 1.65. The number of methoxy groups -OCH3 is 1. The van der Waals surface area contributed by atoms with E-state index in [1.54, 1.807) is 7.11 Å². The Morgan fingerprint density at radius 3 is 2.43 bits per heavy atom. The molecule has 0 bridgehead atoms. The fourth-order valence-electron chi connectivity index (χ4n) is 2.59. The second kappa shape index (κ2) is 8.77. The van der Waals surface area contributed by atoms with E-state index in [4.69, 9.17) is 14.2 Å². The zero-order valence-corrected chi connectivity index (χ0v) is 14.0. The number of nitrogens with one attached hydrogen (secondary N) is 1. The van der Waals surface area contributed by atoms with Crippen LogP contribution in [0.15, 0.2) is 48.5 Å². The minimum Gasteiger partial charge on any atom is -0.493 e. The van der Waals surface area contributed by atoms with Gasteiger partial charge in [-0.05, 0) is 23.8 Å². The minimum absolute atomic E-state index is 0. The molecule has 1 fully saturated rings. The number of halogens is 1. The van der Waals surface area contributed by atoms with E-state index in [0.717, 1.165) is 48.9 Å². The zero-order valence-electron chi connectivity index (χ0n) is 13.2. The monoisotopic (exact) mass is 335 g/mol. The fraction of sp³-hybridized carbons (Fsp3) is 0.333. The molecule has 1 atom stereocenters. The van der Waals surface area contributed by atoms with Crippen LogP contribution in [0.4, 0.5) is 0 Å². The van der Waals surface area contributed by atoms with Crippen molar-refractivity contribution < 1.29 is 14.2 Å². The Morgan fingerprint density at radius 1 is 1.04 bits per heavy atom. The van der Waals surface area contributed by atoms with Crippen LogP contribution in [-0.2, 0) is 11.2 Å². The lowest BCUT2D eigenvalue weighted by Gasteiger charge is -2.24. The van der Waals surface area contributed by atoms with Gasteiger partial charge in [0.15, 0.2) is 11.5 Å². The average Bonchev–Trinajstić information content (AvgIpc) is 2.58. The molecule has 0 amide bonds. The highest BCUT2D eigenvalue weighted by Gasteiger charge is 2.17. The van der Waals surface area contributed by atoms with Gasteiger partial charge in [-0.2, -0.15) is 0 Å². The van der Waals surface area contributed by atoms with Crippen LogP contribution in [0.3, 0.4) is 0 Å². The minimum atomic E-state index is 0. The summed E-state index contributed by atoms with van der Waals surface area (Å²) in [6.07, 6.45) is 1.02. The van der Waals surface area contributed by atoms with E-state index in [0.29, 0.717) is 0 Å². The van der Waals surface area contributed by atoms with E-state index >= 15 is 0 Å². The molecular formula is C18H22ClNO3. The van der Waals surface area contributed by atoms with Crippen molar-refractivity contribution in [2.75, 3.05) is 26.8 Å². The van der Waals surface area contributed by atoms with Crippen molar-refractivity contribution >= 4 is 12.4 Å². The summed E-state index contributed by atoms with van der Waals surface area (Å²) < 4.78 is 17.2. The van der Waals surface area contributed by atoms with Crippen molar-refractivity contribution in [3.05, 3.63) is 54.1 Å². The first-order valence-corrected chi connectivity index (χ1v) is 7.58. The van der Waals surface area contributed by atoms with Gasteiger partial charge in [0.1, 0.15) is 5.75 Å². The topological polar surface area (TPSA) is 39.7 Å². The molecule has 0 spiro atoms. The summed E-state index contributed by atoms with van der Waals surface area (Å²) in [5, 5.41) is 3.36. The number of para-hydroxylation sites is 3. The molecule has 0 saturated carbocycles. The summed E-state index contributed by atoms with van der Waals surface area (Å²) in [6, 6.07) is 15.8. The first-order valence-electron chi connectivity index (χ1n) is 7.58. The van der Waals surface area contributed by atoms with Gasteiger partial charge in [-0.25, -0.2) is 0 Å². The van der Waals surface area contributed by atoms with Gasteiger partial charge in [-0.1, -0.05) is 30.3 Å². The lowest BCUT2D eigenvalue weighted by Crippen LogP contribution is -2.39. The molecule has 1 heterocycles. The smallest absolute Gasteiger partial charge is 0.169 e. The van der Waals surface area contributed by atoms with E-state index in [1.165, 1.54) is 0 Å². The van der Waals surface area contributed by atoms with E-state index in [9.17, 15) is 0 Å². The molecule has 3 rings (SSSR count). The normalized spacial score (nSPS) is 17.2. The molecular weight excluding hydrogens is 314 g/mol. The lowest BCUT2D eigenvalue weighted by molar-refractivity contribution is 0.0289. The Bertz CT molecular complexity index is 615. The van der Waals surface area contributed by atoms with Crippen LogP contribution in [0.25, 0.3) is 0 Å². The van der Waals surface area contributed by atoms with Gasteiger partial charge in [0.2, 0.25) is 0 Å². The van der Waals surface area contributed by atoms with Crippen LogP contribution in [-0.4, -0.2) is 32.9 Å². The van der Waals surface area contributed by atoms with Crippen molar-refractivity contribution in [1.29, 1.82) is 0 Å². The highest BCUT2D eigenvalue weighted by atomic mass is 35.5. The molecule has 1 N–H and O–H groups in total. The third-order valence-corrected chi connectivity index (χ3v) is 3.71. The van der Waals surface area contributed by atoms with Crippen LogP contribution >= 0.6 is 12.4 Å². The van der Waals surface area contributed by atoms with Gasteiger partial charge in [0, 0.05) is 19.5 Å². The van der Waals surface area contributed by atoms with Crippen molar-refractivity contribution in [3.63, 3.8) is 0 Å². The van der Waals surface area contributed by atoms with Crippen LogP contribution < -0.4 is 14.8 Å². The molecule has 5 heteroatoms. The third-order valence-electron chi connectivity index (χ3n) is 3.71. The molecule has 2 aromatic rings. The van der Waals surface area contributed by atoms with Gasteiger partial charge < -0.3 is 19.5 Å². The fourth-order valence-corrected chi connectivity index (χ4v) is 2.59. The van der Waals surface area contributed by atoms with E-state index < -0.39 is 0 Å². The number of morpholine rings is 1. The maximum Gasteiger partial charge on any atom is 0.169 e. The van der Waals surface area contributed by atoms with Crippen molar-refractivity contribution in [2.24, 2.45) is 0 Å². The Hall–Kier alpha value is -1.75. The summed E-state index contributed by atoms with van der Waals surface area (Å²) in [4.78, 5) is 0. The highest BCUT2D eigenvalue weighted by molar-refractivity contribution is 5.85. The largest absolute Gasteiger partial charge is 0.493 e. The van der Waals surface area contributed by atoms with Crippen LogP contribution in [0, 0.1) is 0 Å². The average molecular weight is 336 g/mol. The maximum atomic E-state index is 6.07. The Morgan fingerprint density at radius 2 is 1.74 bits per heavy atom. The number of rotatable bonds is 5. The molecule has 1 unspecified atom stereocenters. The van der Waals surface area contributed by atoms with Gasteiger partial charge >= 0.3 is 0 Å². The van der Waals surface area contributed by atoms with E-state index in [-0.39, 0.29) is 18.5 Å². The van der Waals surface area contributed by atoms with Crippen molar-refractivity contribution in [1.82, 2.24) is 5.32 Å². The van der Waals surface area contributed by atoms with Crippen LogP contribution in [0.5, 0.6) is 17.2 Å². The Balaban J connectivity index is 0.00000192. The predicted octanol–water partition coefficient (Wildman–Crippen LogP) is 3.44. The summed E-state index contributed by atoms with van der Waals surface area (Å²) in [5.74, 6) is 2.30. The third kappa shape index (κ3) is 4.61. The van der Waals surface area contributed by atoms with Gasteiger partial charge in [-0.15, -0.1) is 12.4 Å². The highest BCUT2D eigenvalue weighted by Crippen LogP contribution is 2.33. The van der Waals surface area contributed by atoms with E-state index in [1.807, 2.05) is 42.5 Å². The summed E-state index contributed by atoms with van der Waals surface area (Å²) in [5.41, 5.74) is 1.14. The molecule has 0 aliphatic carbocycles. The summed E-state index contributed by atoms with van der Waals surface area (Å²) >= 11 is 0. The summed E-state index contributed by atoms with van der Waals surface area (Å²) in [6.45, 7) is 2.57. The Kier molecular flexibility index (Phi) is 6.71. The number of hydrogen-bond acceptors (Lipinski definition) is 4. The molecule has 0 radical (unpaired) electrons. The molecule has 1 saturated heterocycles. The second-order valence-electron chi connectivity index (χ2n) is 5.26. The van der Waals surface area contributed by atoms with Crippen molar-refractivity contribution in [3.8, 4) is 17.2 Å². The first kappa shape index (κ1) is 17.6. The predicted molar refractivity (Wildman–Crippen MR) is 93.1 cm³/mol. The number of benzene rings is 2. The molecule has 2 aromatic carbocycles. The van der Waals surface area contributed by atoms with Gasteiger partial charge in [-0.3, -0.25) is 0 Å². The second-order valence-corrected chi connectivity index (χ2v) is 5.26. The lowest BCUT2D eigenvalue weighted by atomic mass is 10.1. The van der Waals surface area contributed by atoms with Crippen LogP contribution in [0.2, 0.25) is 0 Å². The molecule has 124 valence electrons. The zero-order chi connectivity index (χ0) is 15.2. The van der Waals surface area contributed by atoms with E-state index in [2.05, 4.69) is 11.4 Å².